The van der Waals surface area contributed by atoms with Crippen molar-refractivity contribution in [2.24, 2.45) is 0 Å². The number of hydrogen-bond donors (Lipinski definition) is 4. The van der Waals surface area contributed by atoms with Gasteiger partial charge < -0.3 is 30.8 Å². The highest BCUT2D eigenvalue weighted by molar-refractivity contribution is 6.03. The third-order valence-electron chi connectivity index (χ3n) is 7.97. The van der Waals surface area contributed by atoms with Gasteiger partial charge in [0.15, 0.2) is 11.6 Å². The highest BCUT2D eigenvalue weighted by atomic mass is 19.1. The van der Waals surface area contributed by atoms with Crippen LogP contribution in [0.3, 0.4) is 0 Å². The first-order valence-corrected chi connectivity index (χ1v) is 13.1. The van der Waals surface area contributed by atoms with E-state index >= 15 is 4.39 Å². The minimum atomic E-state index is -1.37. The molecule has 0 radical (unpaired) electrons. The van der Waals surface area contributed by atoms with Gasteiger partial charge in [0.25, 0.3) is 0 Å². The predicted octanol–water partition coefficient (Wildman–Crippen LogP) is 4.77. The summed E-state index contributed by atoms with van der Waals surface area (Å²) in [4.78, 5) is 29.7. The summed E-state index contributed by atoms with van der Waals surface area (Å²) in [7, 11) is 0. The van der Waals surface area contributed by atoms with Crippen molar-refractivity contribution in [3.05, 3.63) is 63.3 Å². The number of carbonyl (C=O) groups is 1. The van der Waals surface area contributed by atoms with Crippen molar-refractivity contribution in [3.63, 3.8) is 0 Å². The fourth-order valence-corrected chi connectivity index (χ4v) is 6.07. The monoisotopic (exact) mass is 531 g/mol. The van der Waals surface area contributed by atoms with Crippen molar-refractivity contribution in [1.82, 2.24) is 9.55 Å². The minimum Gasteiger partial charge on any atom is -0.487 e. The van der Waals surface area contributed by atoms with E-state index < -0.39 is 28.3 Å². The summed E-state index contributed by atoms with van der Waals surface area (Å²) < 4.78 is 23.7. The van der Waals surface area contributed by atoms with Gasteiger partial charge >= 0.3 is 5.97 Å². The van der Waals surface area contributed by atoms with Gasteiger partial charge in [-0.1, -0.05) is 24.5 Å². The molecule has 1 saturated carbocycles. The van der Waals surface area contributed by atoms with Crippen LogP contribution in [0.2, 0.25) is 0 Å². The van der Waals surface area contributed by atoms with Crippen LogP contribution in [0.1, 0.15) is 47.3 Å². The van der Waals surface area contributed by atoms with Crippen LogP contribution in [0, 0.1) is 19.7 Å². The Bertz CT molecular complexity index is 1730. The molecular formula is C29H30FN5O4. The van der Waals surface area contributed by atoms with E-state index in [4.69, 9.17) is 10.5 Å². The standard InChI is InChI=1S/C29H30FN5O4/c1-15-5-6-19-17(11-15)20(12-16(2)34-19)32-9-10-33-24-22(30)23(31)21-25-27(24)39-14-29(7-3-4-8-29)35(25)13-18(26(21)36)28(37)38/h5-6,11-13,33H,3-4,7-10,14,31H2,1-2H3,(H,32,34)(H,37,38). The van der Waals surface area contributed by atoms with Gasteiger partial charge in [0, 0.05) is 36.1 Å². The second-order valence-electron chi connectivity index (χ2n) is 10.6. The molecule has 1 aliphatic heterocycles. The number of nitrogens with two attached hydrogens (primary N) is 1. The number of ether oxygens (including phenoxy) is 1. The Morgan fingerprint density at radius 2 is 1.95 bits per heavy atom. The SMILES string of the molecule is Cc1ccc2nc(C)cc(NCCNc3c(F)c(N)c4c(=O)c(C(=O)O)cn5c4c3OCC53CCCC3)c2c1. The zero-order valence-corrected chi connectivity index (χ0v) is 21.9. The Kier molecular flexibility index (Phi) is 5.85. The molecule has 202 valence electrons. The van der Waals surface area contributed by atoms with Gasteiger partial charge in [0.2, 0.25) is 5.43 Å². The Hall–Kier alpha value is -4.34. The second-order valence-corrected chi connectivity index (χ2v) is 10.6. The van der Waals surface area contributed by atoms with Crippen molar-refractivity contribution in [3.8, 4) is 5.75 Å². The molecule has 4 aromatic rings. The summed E-state index contributed by atoms with van der Waals surface area (Å²) in [6.45, 7) is 5.00. The Balaban J connectivity index is 1.37. The van der Waals surface area contributed by atoms with Gasteiger partial charge in [-0.3, -0.25) is 9.78 Å². The summed E-state index contributed by atoms with van der Waals surface area (Å²) in [5, 5.41) is 17.1. The van der Waals surface area contributed by atoms with Crippen LogP contribution in [-0.4, -0.2) is 40.3 Å². The van der Waals surface area contributed by atoms with Crippen molar-refractivity contribution >= 4 is 44.8 Å². The molecular weight excluding hydrogens is 501 g/mol. The highest BCUT2D eigenvalue weighted by Gasteiger charge is 2.43. The smallest absolute Gasteiger partial charge is 0.341 e. The van der Waals surface area contributed by atoms with E-state index in [0.29, 0.717) is 18.6 Å². The molecule has 2 aromatic heterocycles. The molecule has 6 rings (SSSR count). The van der Waals surface area contributed by atoms with E-state index in [9.17, 15) is 14.7 Å². The zero-order valence-electron chi connectivity index (χ0n) is 21.9. The molecule has 0 saturated heterocycles. The summed E-state index contributed by atoms with van der Waals surface area (Å²) in [6.07, 6.45) is 4.82. The van der Waals surface area contributed by atoms with Crippen molar-refractivity contribution in [2.45, 2.75) is 45.1 Å². The van der Waals surface area contributed by atoms with Crippen LogP contribution in [0.4, 0.5) is 21.5 Å². The molecule has 0 amide bonds. The molecule has 0 atom stereocenters. The molecule has 3 heterocycles. The number of aryl methyl sites for hydroxylation is 2. The number of anilines is 3. The molecule has 2 aromatic carbocycles. The topological polar surface area (TPSA) is 131 Å². The summed E-state index contributed by atoms with van der Waals surface area (Å²) in [5.74, 6) is -2.01. The molecule has 9 nitrogen and oxygen atoms in total. The number of halogens is 1. The van der Waals surface area contributed by atoms with Gasteiger partial charge in [0.1, 0.15) is 17.9 Å². The van der Waals surface area contributed by atoms with E-state index in [-0.39, 0.29) is 29.1 Å². The Morgan fingerprint density at radius 1 is 1.21 bits per heavy atom. The lowest BCUT2D eigenvalue weighted by atomic mass is 9.93. The molecule has 39 heavy (non-hydrogen) atoms. The maximum Gasteiger partial charge on any atom is 0.341 e. The van der Waals surface area contributed by atoms with Crippen molar-refractivity contribution in [2.75, 3.05) is 36.1 Å². The number of nitrogens with zero attached hydrogens (tertiary/aromatic N) is 2. The average molecular weight is 532 g/mol. The number of rotatable bonds is 6. The first-order valence-electron chi connectivity index (χ1n) is 13.1. The zero-order chi connectivity index (χ0) is 27.5. The Labute approximate surface area is 223 Å². The molecule has 2 aliphatic rings. The van der Waals surface area contributed by atoms with Crippen molar-refractivity contribution < 1.29 is 19.0 Å². The summed E-state index contributed by atoms with van der Waals surface area (Å²) in [5.41, 5.74) is 8.31. The molecule has 0 unspecified atom stereocenters. The second kappa shape index (κ2) is 9.14. The third kappa shape index (κ3) is 3.93. The van der Waals surface area contributed by atoms with Crippen LogP contribution < -0.4 is 26.5 Å². The minimum absolute atomic E-state index is 0.0671. The number of pyridine rings is 2. The van der Waals surface area contributed by atoms with Crippen molar-refractivity contribution in [1.29, 1.82) is 0 Å². The van der Waals surface area contributed by atoms with Gasteiger partial charge in [-0.25, -0.2) is 9.18 Å². The van der Waals surface area contributed by atoms with Crippen LogP contribution in [0.15, 0.2) is 35.3 Å². The molecule has 10 heteroatoms. The summed E-state index contributed by atoms with van der Waals surface area (Å²) in [6, 6.07) is 8.06. The lowest BCUT2D eigenvalue weighted by molar-refractivity contribution is 0.0692. The maximum absolute atomic E-state index is 15.7. The lowest BCUT2D eigenvalue weighted by Crippen LogP contribution is -2.42. The van der Waals surface area contributed by atoms with Crippen LogP contribution in [0.25, 0.3) is 21.8 Å². The number of nitrogen functional groups attached to an aromatic ring is 1. The fourth-order valence-electron chi connectivity index (χ4n) is 6.07. The molecule has 1 aliphatic carbocycles. The quantitative estimate of drug-likeness (QED) is 0.207. The Morgan fingerprint density at radius 3 is 2.69 bits per heavy atom. The number of carboxylic acid groups (broad SMARTS) is 1. The van der Waals surface area contributed by atoms with E-state index in [0.717, 1.165) is 53.5 Å². The van der Waals surface area contributed by atoms with Crippen LogP contribution in [0.5, 0.6) is 5.75 Å². The number of aromatic nitrogens is 2. The number of fused-ring (bicyclic) bond motifs is 2. The fraction of sp³-hybridized carbons (Fsp3) is 0.345. The largest absolute Gasteiger partial charge is 0.487 e. The molecule has 0 bridgehead atoms. The van der Waals surface area contributed by atoms with Gasteiger partial charge in [-0.05, 0) is 44.9 Å². The molecule has 1 fully saturated rings. The van der Waals surface area contributed by atoms with Crippen LogP contribution >= 0.6 is 0 Å². The normalized spacial score (nSPS) is 15.6. The molecule has 1 spiro atoms. The van der Waals surface area contributed by atoms with E-state index in [1.165, 1.54) is 6.20 Å². The number of benzene rings is 2. The van der Waals surface area contributed by atoms with Crippen LogP contribution in [-0.2, 0) is 5.54 Å². The van der Waals surface area contributed by atoms with Gasteiger partial charge in [0.05, 0.1) is 27.6 Å². The maximum atomic E-state index is 15.7. The molecule has 5 N–H and O–H groups in total. The highest BCUT2D eigenvalue weighted by Crippen LogP contribution is 2.48. The average Bonchev–Trinajstić information content (AvgIpc) is 3.37. The van der Waals surface area contributed by atoms with Gasteiger partial charge in [-0.2, -0.15) is 0 Å². The number of aromatic carboxylic acids is 1. The predicted molar refractivity (Wildman–Crippen MR) is 150 cm³/mol. The van der Waals surface area contributed by atoms with Gasteiger partial charge in [-0.15, -0.1) is 0 Å². The number of hydrogen-bond acceptors (Lipinski definition) is 7. The third-order valence-corrected chi connectivity index (χ3v) is 7.97. The summed E-state index contributed by atoms with van der Waals surface area (Å²) >= 11 is 0. The number of nitrogens with one attached hydrogen (secondary N) is 2. The lowest BCUT2D eigenvalue weighted by Gasteiger charge is -2.39. The van der Waals surface area contributed by atoms with E-state index in [1.807, 2.05) is 36.6 Å². The first-order chi connectivity index (χ1) is 18.7. The number of carboxylic acids is 1. The first kappa shape index (κ1) is 25.0. The van der Waals surface area contributed by atoms with E-state index in [1.54, 1.807) is 0 Å². The van der Waals surface area contributed by atoms with E-state index in [2.05, 4.69) is 21.7 Å².